The maximum absolute atomic E-state index is 14.1. The molecule has 3 amide bonds. The predicted molar refractivity (Wildman–Crippen MR) is 126 cm³/mol. The van der Waals surface area contributed by atoms with Crippen molar-refractivity contribution >= 4 is 17.7 Å². The topological polar surface area (TPSA) is 66.9 Å². The van der Waals surface area contributed by atoms with Crippen LogP contribution in [0.4, 0.5) is 0 Å². The highest BCUT2D eigenvalue weighted by molar-refractivity contribution is 6.10. The SMILES string of the molecule is CCCC[C@@H](C(=O)N1CCOCC1)N1C(=O)[C@@H]2C3c4ccccc4C(c4ccccc43)[C@@H]2C1=O. The summed E-state index contributed by atoms with van der Waals surface area (Å²) < 4.78 is 5.42. The highest BCUT2D eigenvalue weighted by Crippen LogP contribution is 2.61. The molecular weight excluding hydrogens is 428 g/mol. The molecule has 6 nitrogen and oxygen atoms in total. The molecule has 2 fully saturated rings. The molecule has 6 heteroatoms. The van der Waals surface area contributed by atoms with E-state index in [0.29, 0.717) is 32.7 Å². The van der Waals surface area contributed by atoms with Gasteiger partial charge in [0.2, 0.25) is 17.7 Å². The summed E-state index contributed by atoms with van der Waals surface area (Å²) in [6.45, 7) is 4.07. The van der Waals surface area contributed by atoms with Gasteiger partial charge in [0.05, 0.1) is 25.0 Å². The van der Waals surface area contributed by atoms with Crippen molar-refractivity contribution in [3.63, 3.8) is 0 Å². The first-order chi connectivity index (χ1) is 16.6. The largest absolute Gasteiger partial charge is 0.378 e. The van der Waals surface area contributed by atoms with Crippen LogP contribution in [0.25, 0.3) is 0 Å². The van der Waals surface area contributed by atoms with Crippen LogP contribution in [0.5, 0.6) is 0 Å². The van der Waals surface area contributed by atoms with E-state index in [9.17, 15) is 14.4 Å². The molecule has 7 rings (SSSR count). The van der Waals surface area contributed by atoms with Gasteiger partial charge in [-0.25, -0.2) is 0 Å². The normalized spacial score (nSPS) is 27.9. The van der Waals surface area contributed by atoms with Crippen molar-refractivity contribution in [2.75, 3.05) is 26.3 Å². The van der Waals surface area contributed by atoms with E-state index in [1.807, 2.05) is 24.3 Å². The lowest BCUT2D eigenvalue weighted by Gasteiger charge is -2.45. The maximum atomic E-state index is 14.1. The highest BCUT2D eigenvalue weighted by atomic mass is 16.5. The number of rotatable bonds is 5. The van der Waals surface area contributed by atoms with Gasteiger partial charge in [-0.2, -0.15) is 0 Å². The Morgan fingerprint density at radius 1 is 0.882 bits per heavy atom. The van der Waals surface area contributed by atoms with Crippen LogP contribution in [0.1, 0.15) is 60.3 Å². The van der Waals surface area contributed by atoms with Crippen LogP contribution in [0.2, 0.25) is 0 Å². The second-order valence-electron chi connectivity index (χ2n) is 9.91. The van der Waals surface area contributed by atoms with Crippen LogP contribution < -0.4 is 0 Å². The summed E-state index contributed by atoms with van der Waals surface area (Å²) >= 11 is 0. The number of carbonyl (C=O) groups is 3. The summed E-state index contributed by atoms with van der Waals surface area (Å²) in [5, 5.41) is 0. The van der Waals surface area contributed by atoms with Crippen LogP contribution >= 0.6 is 0 Å². The smallest absolute Gasteiger partial charge is 0.246 e. The number of unbranched alkanes of at least 4 members (excludes halogenated alkanes) is 1. The quantitative estimate of drug-likeness (QED) is 0.645. The lowest BCUT2D eigenvalue weighted by Crippen LogP contribution is -2.53. The van der Waals surface area contributed by atoms with Gasteiger partial charge in [-0.1, -0.05) is 68.3 Å². The Hall–Kier alpha value is -2.99. The Labute approximate surface area is 199 Å². The van der Waals surface area contributed by atoms with Gasteiger partial charge < -0.3 is 9.64 Å². The monoisotopic (exact) mass is 458 g/mol. The van der Waals surface area contributed by atoms with E-state index in [1.54, 1.807) is 4.90 Å². The molecule has 2 aromatic rings. The van der Waals surface area contributed by atoms with E-state index in [1.165, 1.54) is 4.90 Å². The number of nitrogens with zero attached hydrogens (tertiary/aromatic N) is 2. The Kier molecular flexibility index (Phi) is 5.29. The lowest BCUT2D eigenvalue weighted by molar-refractivity contribution is -0.153. The predicted octanol–water partition coefficient (Wildman–Crippen LogP) is 3.30. The average molecular weight is 459 g/mol. The van der Waals surface area contributed by atoms with Crippen molar-refractivity contribution in [1.82, 2.24) is 9.80 Å². The molecule has 2 bridgehead atoms. The Bertz CT molecular complexity index is 1040. The fourth-order valence-electron chi connectivity index (χ4n) is 6.76. The summed E-state index contributed by atoms with van der Waals surface area (Å²) in [5.74, 6) is -1.62. The number of amides is 3. The Morgan fingerprint density at radius 3 is 1.79 bits per heavy atom. The van der Waals surface area contributed by atoms with Gasteiger partial charge in [0.15, 0.2) is 0 Å². The van der Waals surface area contributed by atoms with Gasteiger partial charge >= 0.3 is 0 Å². The summed E-state index contributed by atoms with van der Waals surface area (Å²) in [5.41, 5.74) is 4.61. The Balaban J connectivity index is 1.42. The molecule has 0 N–H and O–H groups in total. The zero-order valence-corrected chi connectivity index (χ0v) is 19.5. The third kappa shape index (κ3) is 3.01. The van der Waals surface area contributed by atoms with Crippen LogP contribution in [0, 0.1) is 11.8 Å². The van der Waals surface area contributed by atoms with Crippen LogP contribution in [0.15, 0.2) is 48.5 Å². The van der Waals surface area contributed by atoms with Gasteiger partial charge in [0.25, 0.3) is 0 Å². The number of hydrogen-bond donors (Lipinski definition) is 0. The third-order valence-electron chi connectivity index (χ3n) is 8.23. The van der Waals surface area contributed by atoms with Crippen LogP contribution in [-0.2, 0) is 19.1 Å². The molecule has 3 aliphatic carbocycles. The molecule has 5 aliphatic rings. The zero-order valence-electron chi connectivity index (χ0n) is 19.5. The summed E-state index contributed by atoms with van der Waals surface area (Å²) in [7, 11) is 0. The van der Waals surface area contributed by atoms with Crippen LogP contribution in [-0.4, -0.2) is 59.9 Å². The second kappa shape index (κ2) is 8.35. The molecule has 0 radical (unpaired) electrons. The van der Waals surface area contributed by atoms with Crippen molar-refractivity contribution in [3.8, 4) is 0 Å². The fraction of sp³-hybridized carbons (Fsp3) is 0.464. The van der Waals surface area contributed by atoms with Crippen molar-refractivity contribution in [3.05, 3.63) is 70.8 Å². The van der Waals surface area contributed by atoms with Gasteiger partial charge in [-0.05, 0) is 28.7 Å². The Morgan fingerprint density at radius 2 is 1.35 bits per heavy atom. The van der Waals surface area contributed by atoms with E-state index in [0.717, 1.165) is 35.1 Å². The van der Waals surface area contributed by atoms with Gasteiger partial charge in [-0.3, -0.25) is 19.3 Å². The first-order valence-corrected chi connectivity index (χ1v) is 12.5. The lowest BCUT2D eigenvalue weighted by atomic mass is 9.55. The molecule has 2 aliphatic heterocycles. The van der Waals surface area contributed by atoms with Crippen molar-refractivity contribution < 1.29 is 19.1 Å². The minimum atomic E-state index is -0.728. The molecule has 34 heavy (non-hydrogen) atoms. The summed E-state index contributed by atoms with van der Waals surface area (Å²) in [6, 6.07) is 15.8. The molecule has 0 saturated carbocycles. The van der Waals surface area contributed by atoms with E-state index in [-0.39, 0.29) is 29.6 Å². The molecule has 0 unspecified atom stereocenters. The molecule has 0 aromatic heterocycles. The first-order valence-electron chi connectivity index (χ1n) is 12.5. The molecule has 2 saturated heterocycles. The minimum Gasteiger partial charge on any atom is -0.378 e. The molecule has 2 aromatic carbocycles. The van der Waals surface area contributed by atoms with Crippen molar-refractivity contribution in [2.24, 2.45) is 11.8 Å². The van der Waals surface area contributed by atoms with E-state index in [4.69, 9.17) is 4.74 Å². The van der Waals surface area contributed by atoms with E-state index < -0.39 is 17.9 Å². The summed E-state index contributed by atoms with van der Waals surface area (Å²) in [6.07, 6.45) is 2.21. The minimum absolute atomic E-state index is 0.112. The molecular formula is C28H30N2O4. The third-order valence-corrected chi connectivity index (χ3v) is 8.23. The molecule has 176 valence electrons. The summed E-state index contributed by atoms with van der Waals surface area (Å²) in [4.78, 5) is 44.9. The highest BCUT2D eigenvalue weighted by Gasteiger charge is 2.63. The number of ether oxygens (including phenoxy) is 1. The molecule has 2 heterocycles. The van der Waals surface area contributed by atoms with Gasteiger partial charge in [0, 0.05) is 24.9 Å². The molecule has 0 spiro atoms. The van der Waals surface area contributed by atoms with Gasteiger partial charge in [0.1, 0.15) is 6.04 Å². The fourth-order valence-corrected chi connectivity index (χ4v) is 6.76. The molecule has 3 atom stereocenters. The second-order valence-corrected chi connectivity index (χ2v) is 9.91. The number of benzene rings is 2. The number of morpholine rings is 1. The standard InChI is InChI=1S/C28H30N2O4/c1-2-3-12-21(26(31)29-13-15-34-16-14-29)30-27(32)24-22-17-8-4-5-9-18(17)23(25(24)28(30)33)20-11-7-6-10-19(20)22/h4-11,21-25H,2-3,12-16H2,1H3/t21-,22?,23?,24-,25+/m0/s1. The number of imide groups is 1. The van der Waals surface area contributed by atoms with E-state index in [2.05, 4.69) is 31.2 Å². The number of carbonyl (C=O) groups excluding carboxylic acids is 3. The van der Waals surface area contributed by atoms with Gasteiger partial charge in [-0.15, -0.1) is 0 Å². The number of hydrogen-bond acceptors (Lipinski definition) is 4. The maximum Gasteiger partial charge on any atom is 0.246 e. The first kappa shape index (κ1) is 21.5. The van der Waals surface area contributed by atoms with Crippen molar-refractivity contribution in [1.29, 1.82) is 0 Å². The van der Waals surface area contributed by atoms with Crippen LogP contribution in [0.3, 0.4) is 0 Å². The average Bonchev–Trinajstić information content (AvgIpc) is 3.15. The van der Waals surface area contributed by atoms with E-state index >= 15 is 0 Å². The zero-order chi connectivity index (χ0) is 23.4. The number of likely N-dealkylation sites (tertiary alicyclic amines) is 1. The van der Waals surface area contributed by atoms with Crippen molar-refractivity contribution in [2.45, 2.75) is 44.1 Å².